The maximum Gasteiger partial charge on any atom is 0.111 e. The lowest BCUT2D eigenvalue weighted by Crippen LogP contribution is -2.53. The smallest absolute Gasteiger partial charge is 0.111 e. The highest BCUT2D eigenvalue weighted by Crippen LogP contribution is 2.11. The number of hydrogen-bond acceptors (Lipinski definition) is 11. The highest BCUT2D eigenvalue weighted by molar-refractivity contribution is 4.85. The third-order valence-corrected chi connectivity index (χ3v) is 4.08. The molecule has 0 aromatic carbocycles. The van der Waals surface area contributed by atoms with Crippen LogP contribution in [-0.2, 0) is 0 Å². The van der Waals surface area contributed by atoms with Crippen molar-refractivity contribution < 1.29 is 51.1 Å². The first-order valence-corrected chi connectivity index (χ1v) is 8.49. The summed E-state index contributed by atoms with van der Waals surface area (Å²) in [5, 5.41) is 95.1. The molecular formula is C15H33NO10. The number of nitrogens with zero attached hydrogens (tertiary/aromatic N) is 1. The maximum absolute atomic E-state index is 10.0. The fourth-order valence-electron chi connectivity index (χ4n) is 2.44. The van der Waals surface area contributed by atoms with Gasteiger partial charge in [0.25, 0.3) is 0 Å². The minimum Gasteiger partial charge on any atom is -0.394 e. The first-order chi connectivity index (χ1) is 12.1. The first-order valence-electron chi connectivity index (χ1n) is 8.49. The molecule has 0 aromatic heterocycles. The van der Waals surface area contributed by atoms with Crippen molar-refractivity contribution in [2.45, 2.75) is 62.2 Å². The molecule has 0 heterocycles. The predicted molar refractivity (Wildman–Crippen MR) is 89.0 cm³/mol. The van der Waals surface area contributed by atoms with E-state index in [1.165, 1.54) is 4.90 Å². The maximum atomic E-state index is 10.0. The van der Waals surface area contributed by atoms with E-state index < -0.39 is 62.0 Å². The highest BCUT2D eigenvalue weighted by Gasteiger charge is 2.34. The molecular weight excluding hydrogens is 354 g/mol. The average molecular weight is 387 g/mol. The standard InChI is InChI=1S/C15H33NO10/c1-2-3-16(4-8(19)12(23)14(25)10(21)6-17)5-9(20)13(24)15(26)11(22)7-18/h8-15,17-26H,2-7H2,1H3/t8-,9-,10+,11+,12+,13+,14+,15+/m0/s1. The summed E-state index contributed by atoms with van der Waals surface area (Å²) < 4.78 is 0. The van der Waals surface area contributed by atoms with E-state index in [0.29, 0.717) is 13.0 Å². The minimum absolute atomic E-state index is 0.243. The predicted octanol–water partition coefficient (Wildman–Crippen LogP) is -5.43. The van der Waals surface area contributed by atoms with Crippen molar-refractivity contribution in [2.24, 2.45) is 0 Å². The SMILES string of the molecule is CCCN(C[C@H](O)[C@@H](O)[C@H](O)[C@H](O)CO)C[C@H](O)[C@@H](O)[C@H](O)[C@H](O)CO. The zero-order chi connectivity index (χ0) is 20.4. The van der Waals surface area contributed by atoms with Crippen molar-refractivity contribution in [1.29, 1.82) is 0 Å². The number of rotatable bonds is 14. The second-order valence-electron chi connectivity index (χ2n) is 6.36. The molecule has 0 fully saturated rings. The molecule has 0 saturated heterocycles. The van der Waals surface area contributed by atoms with Crippen molar-refractivity contribution >= 4 is 0 Å². The normalized spacial score (nSPS) is 21.7. The van der Waals surface area contributed by atoms with Crippen LogP contribution in [0.15, 0.2) is 0 Å². The molecule has 0 saturated carbocycles. The molecule has 0 spiro atoms. The molecule has 26 heavy (non-hydrogen) atoms. The lowest BCUT2D eigenvalue weighted by Gasteiger charge is -2.33. The highest BCUT2D eigenvalue weighted by atomic mass is 16.4. The molecule has 8 atom stereocenters. The van der Waals surface area contributed by atoms with Crippen LogP contribution >= 0.6 is 0 Å². The van der Waals surface area contributed by atoms with Gasteiger partial charge in [-0.15, -0.1) is 0 Å². The van der Waals surface area contributed by atoms with Gasteiger partial charge >= 0.3 is 0 Å². The van der Waals surface area contributed by atoms with E-state index in [2.05, 4.69) is 0 Å². The van der Waals surface area contributed by atoms with Crippen LogP contribution in [-0.4, -0.2) is 138 Å². The van der Waals surface area contributed by atoms with Crippen molar-refractivity contribution in [2.75, 3.05) is 32.8 Å². The molecule has 158 valence electrons. The van der Waals surface area contributed by atoms with Crippen LogP contribution in [0.3, 0.4) is 0 Å². The van der Waals surface area contributed by atoms with E-state index in [1.807, 2.05) is 0 Å². The van der Waals surface area contributed by atoms with Crippen molar-refractivity contribution in [1.82, 2.24) is 4.90 Å². The quantitative estimate of drug-likeness (QED) is 0.136. The van der Waals surface area contributed by atoms with Gasteiger partial charge in [0.15, 0.2) is 0 Å². The zero-order valence-corrected chi connectivity index (χ0v) is 14.8. The molecule has 0 rings (SSSR count). The molecule has 0 aliphatic carbocycles. The molecule has 0 aliphatic heterocycles. The van der Waals surface area contributed by atoms with Crippen LogP contribution in [0.1, 0.15) is 13.3 Å². The van der Waals surface area contributed by atoms with Crippen LogP contribution in [0.25, 0.3) is 0 Å². The fraction of sp³-hybridized carbons (Fsp3) is 1.00. The third-order valence-electron chi connectivity index (χ3n) is 4.08. The largest absolute Gasteiger partial charge is 0.394 e. The first kappa shape index (κ1) is 25.6. The van der Waals surface area contributed by atoms with Crippen molar-refractivity contribution in [3.63, 3.8) is 0 Å². The Labute approximate surface area is 152 Å². The Hall–Kier alpha value is -0.440. The lowest BCUT2D eigenvalue weighted by molar-refractivity contribution is -0.130. The topological polar surface area (TPSA) is 206 Å². The van der Waals surface area contributed by atoms with Gasteiger partial charge in [0.05, 0.1) is 25.4 Å². The van der Waals surface area contributed by atoms with Crippen molar-refractivity contribution in [3.05, 3.63) is 0 Å². The molecule has 10 N–H and O–H groups in total. The Kier molecular flexibility index (Phi) is 12.6. The second-order valence-corrected chi connectivity index (χ2v) is 6.36. The Bertz CT molecular complexity index is 333. The van der Waals surface area contributed by atoms with Crippen LogP contribution in [0.4, 0.5) is 0 Å². The fourth-order valence-corrected chi connectivity index (χ4v) is 2.44. The summed E-state index contributed by atoms with van der Waals surface area (Å²) in [5.74, 6) is 0. The Morgan fingerprint density at radius 3 is 1.15 bits per heavy atom. The average Bonchev–Trinajstić information content (AvgIpc) is 2.63. The van der Waals surface area contributed by atoms with E-state index in [9.17, 15) is 40.9 Å². The lowest BCUT2D eigenvalue weighted by atomic mass is 10.0. The molecule has 0 bridgehead atoms. The summed E-state index contributed by atoms with van der Waals surface area (Å²) in [6.07, 6.45) is -12.9. The van der Waals surface area contributed by atoms with Gasteiger partial charge in [-0.05, 0) is 13.0 Å². The van der Waals surface area contributed by atoms with Gasteiger partial charge in [-0.2, -0.15) is 0 Å². The van der Waals surface area contributed by atoms with Gasteiger partial charge < -0.3 is 51.1 Å². The molecule has 0 unspecified atom stereocenters. The van der Waals surface area contributed by atoms with E-state index >= 15 is 0 Å². The Morgan fingerprint density at radius 1 is 0.577 bits per heavy atom. The number of aliphatic hydroxyl groups excluding tert-OH is 10. The van der Waals surface area contributed by atoms with E-state index in [4.69, 9.17) is 10.2 Å². The van der Waals surface area contributed by atoms with Crippen molar-refractivity contribution in [3.8, 4) is 0 Å². The summed E-state index contributed by atoms with van der Waals surface area (Å²) in [6, 6.07) is 0. The molecule has 0 radical (unpaired) electrons. The summed E-state index contributed by atoms with van der Waals surface area (Å²) in [5.41, 5.74) is 0. The van der Waals surface area contributed by atoms with Crippen LogP contribution < -0.4 is 0 Å². The Morgan fingerprint density at radius 2 is 0.885 bits per heavy atom. The number of aliphatic hydroxyl groups is 10. The summed E-state index contributed by atoms with van der Waals surface area (Å²) in [4.78, 5) is 1.44. The molecule has 11 nitrogen and oxygen atoms in total. The van der Waals surface area contributed by atoms with Crippen LogP contribution in [0, 0.1) is 0 Å². The van der Waals surface area contributed by atoms with Gasteiger partial charge in [-0.25, -0.2) is 0 Å². The molecule has 0 aliphatic rings. The second kappa shape index (κ2) is 12.9. The number of hydrogen-bond donors (Lipinski definition) is 10. The van der Waals surface area contributed by atoms with Gasteiger partial charge in [0.1, 0.15) is 36.6 Å². The van der Waals surface area contributed by atoms with Gasteiger partial charge in [0, 0.05) is 13.1 Å². The molecule has 11 heteroatoms. The monoisotopic (exact) mass is 387 g/mol. The Balaban J connectivity index is 4.81. The summed E-state index contributed by atoms with van der Waals surface area (Å²) in [7, 11) is 0. The van der Waals surface area contributed by atoms with E-state index in [0.717, 1.165) is 0 Å². The molecule has 0 aromatic rings. The van der Waals surface area contributed by atoms with E-state index in [-0.39, 0.29) is 13.1 Å². The minimum atomic E-state index is -1.78. The van der Waals surface area contributed by atoms with Gasteiger partial charge in [-0.1, -0.05) is 6.92 Å². The summed E-state index contributed by atoms with van der Waals surface area (Å²) in [6.45, 7) is 0.0245. The third kappa shape index (κ3) is 8.06. The van der Waals surface area contributed by atoms with E-state index in [1.54, 1.807) is 6.92 Å². The van der Waals surface area contributed by atoms with Crippen LogP contribution in [0.5, 0.6) is 0 Å². The summed E-state index contributed by atoms with van der Waals surface area (Å²) >= 11 is 0. The van der Waals surface area contributed by atoms with Gasteiger partial charge in [0.2, 0.25) is 0 Å². The van der Waals surface area contributed by atoms with Crippen LogP contribution in [0.2, 0.25) is 0 Å². The zero-order valence-electron chi connectivity index (χ0n) is 14.8. The van der Waals surface area contributed by atoms with Gasteiger partial charge in [-0.3, -0.25) is 4.90 Å². The molecule has 0 amide bonds.